The van der Waals surface area contributed by atoms with E-state index in [1.807, 2.05) is 40.3 Å². The standard InChI is InChI=1S/C18H17ClN4O2S/c1-22-15-4-2-3-5-16(15)23-17(22)20-21-18(23)26-11-13(24)10-25-14-8-6-12(19)7-9-14/h2-9,13,24H,10-11H2,1H3. The summed E-state index contributed by atoms with van der Waals surface area (Å²) in [4.78, 5) is 0. The van der Waals surface area contributed by atoms with Gasteiger partial charge in [-0.25, -0.2) is 0 Å². The summed E-state index contributed by atoms with van der Waals surface area (Å²) in [7, 11) is 1.97. The molecule has 6 nitrogen and oxygen atoms in total. The van der Waals surface area contributed by atoms with E-state index >= 15 is 0 Å². The second-order valence-electron chi connectivity index (χ2n) is 5.90. The molecular weight excluding hydrogens is 372 g/mol. The molecule has 2 aromatic carbocycles. The topological polar surface area (TPSA) is 64.6 Å². The molecule has 1 N–H and O–H groups in total. The fraction of sp³-hybridized carbons (Fsp3) is 0.222. The molecule has 8 heteroatoms. The molecule has 0 aliphatic heterocycles. The highest BCUT2D eigenvalue weighted by atomic mass is 35.5. The first kappa shape index (κ1) is 17.2. The Kier molecular flexibility index (Phi) is 4.76. The van der Waals surface area contributed by atoms with Crippen LogP contribution in [0.25, 0.3) is 16.8 Å². The predicted octanol–water partition coefficient (Wildman–Crippen LogP) is 3.41. The van der Waals surface area contributed by atoms with E-state index in [-0.39, 0.29) is 6.61 Å². The zero-order valence-electron chi connectivity index (χ0n) is 14.0. The molecule has 0 aliphatic rings. The largest absolute Gasteiger partial charge is 0.491 e. The van der Waals surface area contributed by atoms with Gasteiger partial charge in [-0.15, -0.1) is 10.2 Å². The minimum Gasteiger partial charge on any atom is -0.491 e. The molecule has 0 amide bonds. The summed E-state index contributed by atoms with van der Waals surface area (Å²) >= 11 is 7.30. The lowest BCUT2D eigenvalue weighted by Crippen LogP contribution is -2.20. The van der Waals surface area contributed by atoms with E-state index in [0.29, 0.717) is 16.5 Å². The average Bonchev–Trinajstić information content (AvgIpc) is 3.20. The maximum Gasteiger partial charge on any atom is 0.236 e. The van der Waals surface area contributed by atoms with Crippen molar-refractivity contribution in [1.29, 1.82) is 0 Å². The second-order valence-corrected chi connectivity index (χ2v) is 7.32. The number of thioether (sulfide) groups is 1. The van der Waals surface area contributed by atoms with Gasteiger partial charge in [0.25, 0.3) is 0 Å². The number of aromatic nitrogens is 4. The molecular formula is C18H17ClN4O2S. The Labute approximate surface area is 159 Å². The van der Waals surface area contributed by atoms with Crippen molar-refractivity contribution in [2.45, 2.75) is 11.3 Å². The molecule has 0 aliphatic carbocycles. The van der Waals surface area contributed by atoms with Crippen LogP contribution < -0.4 is 4.74 Å². The van der Waals surface area contributed by atoms with Crippen molar-refractivity contribution in [3.05, 3.63) is 53.6 Å². The smallest absolute Gasteiger partial charge is 0.236 e. The average molecular weight is 389 g/mol. The summed E-state index contributed by atoms with van der Waals surface area (Å²) < 4.78 is 9.60. The zero-order valence-corrected chi connectivity index (χ0v) is 15.6. The van der Waals surface area contributed by atoms with Crippen LogP contribution in [0.3, 0.4) is 0 Å². The van der Waals surface area contributed by atoms with E-state index in [9.17, 15) is 5.11 Å². The lowest BCUT2D eigenvalue weighted by molar-refractivity contribution is 0.126. The molecule has 0 fully saturated rings. The van der Waals surface area contributed by atoms with Crippen LogP contribution in [0.2, 0.25) is 5.02 Å². The summed E-state index contributed by atoms with van der Waals surface area (Å²) in [6.07, 6.45) is -0.627. The third kappa shape index (κ3) is 3.25. The molecule has 0 spiro atoms. The highest BCUT2D eigenvalue weighted by Crippen LogP contribution is 2.25. The highest BCUT2D eigenvalue weighted by Gasteiger charge is 2.16. The number of imidazole rings is 1. The number of halogens is 1. The van der Waals surface area contributed by atoms with Crippen molar-refractivity contribution >= 4 is 40.2 Å². The number of rotatable bonds is 6. The zero-order chi connectivity index (χ0) is 18.1. The number of aliphatic hydroxyl groups is 1. The SMILES string of the molecule is Cn1c2ccccc2n2c(SCC(O)COc3ccc(Cl)cc3)nnc12. The summed E-state index contributed by atoms with van der Waals surface area (Å²) in [5.74, 6) is 1.91. The lowest BCUT2D eigenvalue weighted by Gasteiger charge is -2.11. The Morgan fingerprint density at radius 3 is 2.62 bits per heavy atom. The molecule has 4 rings (SSSR count). The maximum atomic E-state index is 10.2. The second kappa shape index (κ2) is 7.19. The fourth-order valence-electron chi connectivity index (χ4n) is 2.77. The van der Waals surface area contributed by atoms with Crippen molar-refractivity contribution in [3.8, 4) is 5.75 Å². The van der Waals surface area contributed by atoms with Crippen LogP contribution in [0.15, 0.2) is 53.7 Å². The van der Waals surface area contributed by atoms with E-state index < -0.39 is 6.10 Å². The number of para-hydroxylation sites is 2. The Morgan fingerprint density at radius 2 is 1.85 bits per heavy atom. The maximum absolute atomic E-state index is 10.2. The van der Waals surface area contributed by atoms with Crippen molar-refractivity contribution < 1.29 is 9.84 Å². The molecule has 0 radical (unpaired) electrons. The van der Waals surface area contributed by atoms with Crippen LogP contribution >= 0.6 is 23.4 Å². The van der Waals surface area contributed by atoms with E-state index in [2.05, 4.69) is 10.2 Å². The normalized spacial score (nSPS) is 12.7. The minimum absolute atomic E-state index is 0.201. The molecule has 2 aromatic heterocycles. The van der Waals surface area contributed by atoms with E-state index in [1.165, 1.54) is 11.8 Å². The van der Waals surface area contributed by atoms with Gasteiger partial charge >= 0.3 is 0 Å². The van der Waals surface area contributed by atoms with E-state index in [4.69, 9.17) is 16.3 Å². The van der Waals surface area contributed by atoms with Crippen LogP contribution in [-0.2, 0) is 7.05 Å². The molecule has 1 atom stereocenters. The molecule has 4 aromatic rings. The van der Waals surface area contributed by atoms with Gasteiger partial charge < -0.3 is 14.4 Å². The van der Waals surface area contributed by atoms with Gasteiger partial charge in [0.05, 0.1) is 17.1 Å². The third-order valence-electron chi connectivity index (χ3n) is 4.06. The Hall–Kier alpha value is -2.22. The Morgan fingerprint density at radius 1 is 1.12 bits per heavy atom. The number of aryl methyl sites for hydroxylation is 1. The first-order valence-corrected chi connectivity index (χ1v) is 9.47. The van der Waals surface area contributed by atoms with E-state index in [1.54, 1.807) is 24.3 Å². The number of fused-ring (bicyclic) bond motifs is 3. The van der Waals surface area contributed by atoms with Crippen LogP contribution in [0.4, 0.5) is 0 Å². The van der Waals surface area contributed by atoms with Crippen LogP contribution in [0, 0.1) is 0 Å². The van der Waals surface area contributed by atoms with Gasteiger partial charge in [0, 0.05) is 17.8 Å². The quantitative estimate of drug-likeness (QED) is 0.513. The Bertz CT molecular complexity index is 1040. The van der Waals surface area contributed by atoms with Gasteiger partial charge in [-0.05, 0) is 36.4 Å². The first-order chi connectivity index (χ1) is 12.6. The molecule has 2 heterocycles. The Balaban J connectivity index is 1.44. The summed E-state index contributed by atoms with van der Waals surface area (Å²) in [6.45, 7) is 0.201. The van der Waals surface area contributed by atoms with Gasteiger partial charge in [-0.2, -0.15) is 0 Å². The van der Waals surface area contributed by atoms with Crippen LogP contribution in [0.1, 0.15) is 0 Å². The van der Waals surface area contributed by atoms with Crippen molar-refractivity contribution in [2.75, 3.05) is 12.4 Å². The summed E-state index contributed by atoms with van der Waals surface area (Å²) in [6, 6.07) is 15.1. The van der Waals surface area contributed by atoms with Gasteiger partial charge in [-0.1, -0.05) is 35.5 Å². The van der Waals surface area contributed by atoms with Gasteiger partial charge in [-0.3, -0.25) is 4.40 Å². The van der Waals surface area contributed by atoms with Gasteiger partial charge in [0.2, 0.25) is 5.78 Å². The molecule has 26 heavy (non-hydrogen) atoms. The first-order valence-electron chi connectivity index (χ1n) is 8.11. The van der Waals surface area contributed by atoms with Crippen molar-refractivity contribution in [1.82, 2.24) is 19.2 Å². The van der Waals surface area contributed by atoms with Gasteiger partial charge in [0.15, 0.2) is 5.16 Å². The molecule has 1 unspecified atom stereocenters. The predicted molar refractivity (Wildman–Crippen MR) is 103 cm³/mol. The molecule has 134 valence electrons. The number of nitrogens with zero attached hydrogens (tertiary/aromatic N) is 4. The molecule has 0 saturated heterocycles. The van der Waals surface area contributed by atoms with Crippen molar-refractivity contribution in [2.24, 2.45) is 7.05 Å². The van der Waals surface area contributed by atoms with Gasteiger partial charge in [0.1, 0.15) is 12.4 Å². The summed E-state index contributed by atoms with van der Waals surface area (Å²) in [5, 5.41) is 20.1. The monoisotopic (exact) mass is 388 g/mol. The van der Waals surface area contributed by atoms with Crippen LogP contribution in [-0.4, -0.2) is 42.7 Å². The molecule has 0 bridgehead atoms. The minimum atomic E-state index is -0.627. The number of ether oxygens (including phenoxy) is 1. The molecule has 0 saturated carbocycles. The number of aliphatic hydroxyl groups excluding tert-OH is 1. The van der Waals surface area contributed by atoms with Crippen LogP contribution in [0.5, 0.6) is 5.75 Å². The number of hydrogen-bond donors (Lipinski definition) is 1. The number of benzene rings is 2. The highest BCUT2D eigenvalue weighted by molar-refractivity contribution is 7.99. The third-order valence-corrected chi connectivity index (χ3v) is 5.39. The van der Waals surface area contributed by atoms with Crippen molar-refractivity contribution in [3.63, 3.8) is 0 Å². The number of hydrogen-bond acceptors (Lipinski definition) is 5. The fourth-order valence-corrected chi connectivity index (χ4v) is 3.74. The van der Waals surface area contributed by atoms with E-state index in [0.717, 1.165) is 22.0 Å². The lowest BCUT2D eigenvalue weighted by atomic mass is 10.3. The summed E-state index contributed by atoms with van der Waals surface area (Å²) in [5.41, 5.74) is 2.13.